The monoisotopic (exact) mass is 313 g/mol. The molecule has 2 aromatic carbocycles. The van der Waals surface area contributed by atoms with Gasteiger partial charge in [0.1, 0.15) is 7.85 Å². The van der Waals surface area contributed by atoms with Crippen LogP contribution in [0, 0.1) is 13.8 Å². The van der Waals surface area contributed by atoms with Crippen LogP contribution in [-0.2, 0) is 0 Å². The third-order valence-corrected chi connectivity index (χ3v) is 4.10. The Balaban J connectivity index is 2.63. The molecule has 0 unspecified atom stereocenters. The Labute approximate surface area is 147 Å². The smallest absolute Gasteiger partial charge is 0.113 e. The second-order valence-corrected chi connectivity index (χ2v) is 5.87. The lowest BCUT2D eigenvalue weighted by atomic mass is 9.91. The third-order valence-electron chi connectivity index (χ3n) is 4.10. The van der Waals surface area contributed by atoms with Crippen molar-refractivity contribution >= 4 is 31.2 Å². The van der Waals surface area contributed by atoms with E-state index in [9.17, 15) is 0 Å². The van der Waals surface area contributed by atoms with Crippen LogP contribution in [0.25, 0.3) is 11.6 Å². The molecule has 0 N–H and O–H groups in total. The maximum Gasteiger partial charge on any atom is 0.113 e. The van der Waals surface area contributed by atoms with Crippen LogP contribution in [0.5, 0.6) is 0 Å². The first-order valence-electron chi connectivity index (χ1n) is 8.39. The van der Waals surface area contributed by atoms with Crippen molar-refractivity contribution in [2.24, 2.45) is 4.99 Å². The minimum absolute atomic E-state index is 0.774. The molecule has 24 heavy (non-hydrogen) atoms. The molecule has 0 amide bonds. The van der Waals surface area contributed by atoms with Gasteiger partial charge < -0.3 is 0 Å². The van der Waals surface area contributed by atoms with E-state index >= 15 is 0 Å². The number of rotatable bonds is 5. The summed E-state index contributed by atoms with van der Waals surface area (Å²) in [5.74, 6) is 0. The normalized spacial score (nSPS) is 12.8. The molecule has 2 aromatic rings. The van der Waals surface area contributed by atoms with Crippen LogP contribution in [0.3, 0.4) is 0 Å². The number of hydrogen-bond acceptors (Lipinski definition) is 1. The Morgan fingerprint density at radius 2 is 1.79 bits per heavy atom. The highest BCUT2D eigenvalue weighted by Gasteiger charge is 2.11. The molecule has 0 aliphatic heterocycles. The van der Waals surface area contributed by atoms with Crippen molar-refractivity contribution in [2.75, 3.05) is 0 Å². The second kappa shape index (κ2) is 8.49. The molecule has 0 aliphatic rings. The standard InChI is InChI=1S/C22H24BN/c1-5-14-24-22(6-2)21(15-18-10-12-19(23)13-11-18)20-9-7-8-16(3)17(20)4/h6-15H,5H2,1-4H3/b21-15-,22-6-,24-14?. The number of allylic oxidation sites excluding steroid dienone is 2. The van der Waals surface area contributed by atoms with E-state index in [0.29, 0.717) is 0 Å². The third kappa shape index (κ3) is 4.35. The van der Waals surface area contributed by atoms with E-state index in [-0.39, 0.29) is 0 Å². The molecule has 1 nitrogen and oxygen atoms in total. The first-order valence-corrected chi connectivity index (χ1v) is 8.39. The largest absolute Gasteiger partial charge is 0.261 e. The van der Waals surface area contributed by atoms with Crippen molar-refractivity contribution < 1.29 is 0 Å². The summed E-state index contributed by atoms with van der Waals surface area (Å²) in [6.45, 7) is 8.44. The van der Waals surface area contributed by atoms with E-state index in [1.54, 1.807) is 0 Å². The number of nitrogens with zero attached hydrogens (tertiary/aromatic N) is 1. The van der Waals surface area contributed by atoms with Crippen molar-refractivity contribution in [3.63, 3.8) is 0 Å². The lowest BCUT2D eigenvalue weighted by molar-refractivity contribution is 1.27. The summed E-state index contributed by atoms with van der Waals surface area (Å²) in [7, 11) is 5.81. The molecule has 0 saturated carbocycles. The first kappa shape index (κ1) is 18.0. The van der Waals surface area contributed by atoms with Crippen LogP contribution >= 0.6 is 0 Å². The number of aliphatic imine (C=N–C) groups is 1. The zero-order valence-electron chi connectivity index (χ0n) is 15.0. The van der Waals surface area contributed by atoms with Crippen LogP contribution in [0.4, 0.5) is 0 Å². The van der Waals surface area contributed by atoms with Gasteiger partial charge in [-0.1, -0.05) is 60.9 Å². The number of benzene rings is 2. The summed E-state index contributed by atoms with van der Waals surface area (Å²) in [6.07, 6.45) is 7.12. The minimum Gasteiger partial charge on any atom is -0.261 e. The van der Waals surface area contributed by atoms with Gasteiger partial charge in [0.2, 0.25) is 0 Å². The van der Waals surface area contributed by atoms with Crippen LogP contribution in [0.15, 0.2) is 59.2 Å². The summed E-state index contributed by atoms with van der Waals surface area (Å²) in [5, 5.41) is 0. The van der Waals surface area contributed by atoms with Crippen molar-refractivity contribution in [3.8, 4) is 0 Å². The Bertz CT molecular complexity index is 780. The number of hydrogen-bond donors (Lipinski definition) is 0. The molecule has 120 valence electrons. The van der Waals surface area contributed by atoms with Gasteiger partial charge in [-0.2, -0.15) is 0 Å². The minimum atomic E-state index is 0.774. The molecule has 2 radical (unpaired) electrons. The van der Waals surface area contributed by atoms with Gasteiger partial charge in [0.05, 0.1) is 5.70 Å². The zero-order valence-corrected chi connectivity index (χ0v) is 15.0. The van der Waals surface area contributed by atoms with Gasteiger partial charge in [-0.05, 0) is 55.5 Å². The van der Waals surface area contributed by atoms with E-state index in [4.69, 9.17) is 7.85 Å². The highest BCUT2D eigenvalue weighted by Crippen LogP contribution is 2.30. The lowest BCUT2D eigenvalue weighted by Gasteiger charge is -2.14. The fourth-order valence-electron chi connectivity index (χ4n) is 2.58. The number of aryl methyl sites for hydroxylation is 1. The van der Waals surface area contributed by atoms with Crippen molar-refractivity contribution in [2.45, 2.75) is 34.1 Å². The Morgan fingerprint density at radius 3 is 2.42 bits per heavy atom. The highest BCUT2D eigenvalue weighted by atomic mass is 14.7. The van der Waals surface area contributed by atoms with Gasteiger partial charge in [-0.25, -0.2) is 0 Å². The molecular formula is C22H24BN. The SMILES string of the molecule is [B]c1ccc(/C=C(\C(=C\C)N=CCC)c2cccc(C)c2C)cc1. The van der Waals surface area contributed by atoms with E-state index in [1.807, 2.05) is 37.4 Å². The summed E-state index contributed by atoms with van der Waals surface area (Å²) < 4.78 is 0. The van der Waals surface area contributed by atoms with Gasteiger partial charge >= 0.3 is 0 Å². The molecule has 2 heteroatoms. The van der Waals surface area contributed by atoms with E-state index in [2.05, 4.69) is 56.1 Å². The Hall–Kier alpha value is -2.35. The summed E-state index contributed by atoms with van der Waals surface area (Å²) in [4.78, 5) is 4.67. The van der Waals surface area contributed by atoms with Gasteiger partial charge in [0, 0.05) is 11.8 Å². The van der Waals surface area contributed by atoms with Gasteiger partial charge in [0.25, 0.3) is 0 Å². The molecule has 0 spiro atoms. The molecule has 0 heterocycles. The zero-order chi connectivity index (χ0) is 17.5. The molecule has 0 saturated heterocycles. The molecule has 0 aliphatic carbocycles. The molecule has 0 atom stereocenters. The second-order valence-electron chi connectivity index (χ2n) is 5.87. The highest BCUT2D eigenvalue weighted by molar-refractivity contribution is 6.32. The first-order chi connectivity index (χ1) is 11.6. The van der Waals surface area contributed by atoms with Gasteiger partial charge in [0.15, 0.2) is 0 Å². The van der Waals surface area contributed by atoms with Crippen molar-refractivity contribution in [1.82, 2.24) is 0 Å². The predicted molar refractivity (Wildman–Crippen MR) is 108 cm³/mol. The quantitative estimate of drug-likeness (QED) is 0.318. The maximum absolute atomic E-state index is 5.81. The van der Waals surface area contributed by atoms with E-state index < -0.39 is 0 Å². The van der Waals surface area contributed by atoms with Crippen molar-refractivity contribution in [1.29, 1.82) is 0 Å². The summed E-state index contributed by atoms with van der Waals surface area (Å²) >= 11 is 0. The van der Waals surface area contributed by atoms with Crippen LogP contribution in [-0.4, -0.2) is 14.1 Å². The Kier molecular flexibility index (Phi) is 6.37. The van der Waals surface area contributed by atoms with Crippen LogP contribution < -0.4 is 5.46 Å². The summed E-state index contributed by atoms with van der Waals surface area (Å²) in [6, 6.07) is 14.3. The average Bonchev–Trinajstić information content (AvgIpc) is 2.59. The summed E-state index contributed by atoms with van der Waals surface area (Å²) in [5.41, 5.74) is 7.79. The molecule has 0 fully saturated rings. The van der Waals surface area contributed by atoms with Gasteiger partial charge in [-0.3, -0.25) is 4.99 Å². The predicted octanol–water partition coefficient (Wildman–Crippen LogP) is 5.02. The van der Waals surface area contributed by atoms with Crippen molar-refractivity contribution in [3.05, 3.63) is 76.5 Å². The maximum atomic E-state index is 5.81. The topological polar surface area (TPSA) is 12.4 Å². The fourth-order valence-corrected chi connectivity index (χ4v) is 2.58. The van der Waals surface area contributed by atoms with Crippen LogP contribution in [0.2, 0.25) is 0 Å². The Morgan fingerprint density at radius 1 is 1.08 bits per heavy atom. The average molecular weight is 313 g/mol. The van der Waals surface area contributed by atoms with Crippen LogP contribution in [0.1, 0.15) is 42.5 Å². The van der Waals surface area contributed by atoms with E-state index in [1.165, 1.54) is 16.7 Å². The molecule has 0 aromatic heterocycles. The molecule has 0 bridgehead atoms. The van der Waals surface area contributed by atoms with Gasteiger partial charge in [-0.15, -0.1) is 0 Å². The fraction of sp³-hybridized carbons (Fsp3) is 0.227. The lowest BCUT2D eigenvalue weighted by Crippen LogP contribution is -1.99. The molecule has 2 rings (SSSR count). The molecular weight excluding hydrogens is 289 g/mol. The van der Waals surface area contributed by atoms with E-state index in [0.717, 1.165) is 28.7 Å².